The number of amides is 1. The van der Waals surface area contributed by atoms with Crippen LogP contribution in [0.15, 0.2) is 24.4 Å². The van der Waals surface area contributed by atoms with E-state index in [2.05, 4.69) is 10.3 Å². The molecule has 0 saturated heterocycles. The summed E-state index contributed by atoms with van der Waals surface area (Å²) in [5, 5.41) is 13.7. The van der Waals surface area contributed by atoms with Crippen LogP contribution in [0.5, 0.6) is 5.75 Å². The van der Waals surface area contributed by atoms with Crippen molar-refractivity contribution in [2.24, 2.45) is 0 Å². The number of phenolic OH excluding ortho intramolecular Hbond substituents is 1. The molecule has 0 aliphatic rings. The number of hydrogen-bond donors (Lipinski definition) is 2. The summed E-state index contributed by atoms with van der Waals surface area (Å²) in [6, 6.07) is 4.19. The van der Waals surface area contributed by atoms with Crippen LogP contribution >= 0.6 is 22.9 Å². The van der Waals surface area contributed by atoms with Gasteiger partial charge in [-0.1, -0.05) is 11.6 Å². The normalized spacial score (nSPS) is 12.2. The van der Waals surface area contributed by atoms with Crippen LogP contribution in [0.1, 0.15) is 33.2 Å². The Morgan fingerprint density at radius 1 is 1.53 bits per heavy atom. The second kappa shape index (κ2) is 5.59. The van der Waals surface area contributed by atoms with E-state index in [1.807, 2.05) is 13.8 Å². The van der Waals surface area contributed by atoms with Gasteiger partial charge in [-0.15, -0.1) is 11.3 Å². The maximum atomic E-state index is 12.0. The van der Waals surface area contributed by atoms with Crippen molar-refractivity contribution >= 4 is 28.8 Å². The molecule has 1 aromatic carbocycles. The number of rotatable bonds is 3. The average Bonchev–Trinajstić information content (AvgIpc) is 2.75. The summed E-state index contributed by atoms with van der Waals surface area (Å²) in [5.74, 6) is -0.484. The van der Waals surface area contributed by atoms with Gasteiger partial charge in [0.05, 0.1) is 11.6 Å². The highest BCUT2D eigenvalue weighted by atomic mass is 35.5. The fourth-order valence-electron chi connectivity index (χ4n) is 1.61. The standard InChI is InChI=1S/C13H13ClN2O2S/c1-7-6-15-13(19-7)8(2)16-12(18)10-4-3-9(14)5-11(10)17/h3-6,8,17H,1-2H3,(H,16,18). The largest absolute Gasteiger partial charge is 0.507 e. The summed E-state index contributed by atoms with van der Waals surface area (Å²) in [6.45, 7) is 3.81. The van der Waals surface area contributed by atoms with Gasteiger partial charge in [-0.25, -0.2) is 4.98 Å². The average molecular weight is 297 g/mol. The quantitative estimate of drug-likeness (QED) is 0.913. The first-order chi connectivity index (χ1) is 8.97. The molecule has 2 aromatic rings. The van der Waals surface area contributed by atoms with Gasteiger partial charge in [-0.2, -0.15) is 0 Å². The van der Waals surface area contributed by atoms with Crippen LogP contribution in [-0.4, -0.2) is 16.0 Å². The Kier molecular flexibility index (Phi) is 4.07. The number of aryl methyl sites for hydroxylation is 1. The maximum Gasteiger partial charge on any atom is 0.255 e. The highest BCUT2D eigenvalue weighted by molar-refractivity contribution is 7.11. The first-order valence-electron chi connectivity index (χ1n) is 5.69. The minimum absolute atomic E-state index is 0.132. The molecule has 0 bridgehead atoms. The van der Waals surface area contributed by atoms with Crippen molar-refractivity contribution in [2.45, 2.75) is 19.9 Å². The minimum Gasteiger partial charge on any atom is -0.507 e. The van der Waals surface area contributed by atoms with Gasteiger partial charge in [0.2, 0.25) is 0 Å². The molecule has 1 heterocycles. The molecule has 1 amide bonds. The molecule has 0 aliphatic carbocycles. The molecule has 1 atom stereocenters. The summed E-state index contributed by atoms with van der Waals surface area (Å²) < 4.78 is 0. The zero-order valence-electron chi connectivity index (χ0n) is 10.5. The Labute approximate surface area is 120 Å². The first kappa shape index (κ1) is 13.8. The van der Waals surface area contributed by atoms with E-state index in [0.29, 0.717) is 5.02 Å². The summed E-state index contributed by atoms with van der Waals surface area (Å²) in [6.07, 6.45) is 1.77. The van der Waals surface area contributed by atoms with Crippen molar-refractivity contribution in [1.82, 2.24) is 10.3 Å². The second-order valence-electron chi connectivity index (χ2n) is 4.17. The first-order valence-corrected chi connectivity index (χ1v) is 6.88. The molecule has 6 heteroatoms. The predicted molar refractivity (Wildman–Crippen MR) is 75.8 cm³/mol. The highest BCUT2D eigenvalue weighted by Crippen LogP contribution is 2.24. The number of carbonyl (C=O) groups is 1. The third-order valence-corrected chi connectivity index (χ3v) is 3.89. The van der Waals surface area contributed by atoms with Gasteiger partial charge < -0.3 is 10.4 Å². The van der Waals surface area contributed by atoms with Crippen molar-refractivity contribution in [2.75, 3.05) is 0 Å². The van der Waals surface area contributed by atoms with E-state index in [1.165, 1.54) is 23.5 Å². The number of hydrogen-bond acceptors (Lipinski definition) is 4. The topological polar surface area (TPSA) is 62.2 Å². The number of aromatic nitrogens is 1. The molecule has 1 aromatic heterocycles. The van der Waals surface area contributed by atoms with E-state index in [1.54, 1.807) is 12.3 Å². The van der Waals surface area contributed by atoms with E-state index < -0.39 is 0 Å². The van der Waals surface area contributed by atoms with Gasteiger partial charge in [0.1, 0.15) is 10.8 Å². The third-order valence-electron chi connectivity index (χ3n) is 2.56. The molecule has 0 radical (unpaired) electrons. The van der Waals surface area contributed by atoms with Gasteiger partial charge in [0.15, 0.2) is 0 Å². The molecule has 19 heavy (non-hydrogen) atoms. The Morgan fingerprint density at radius 2 is 2.26 bits per heavy atom. The SMILES string of the molecule is Cc1cnc(C(C)NC(=O)c2ccc(Cl)cc2O)s1. The monoisotopic (exact) mass is 296 g/mol. The molecule has 0 spiro atoms. The van der Waals surface area contributed by atoms with Crippen molar-refractivity contribution in [1.29, 1.82) is 0 Å². The molecule has 4 nitrogen and oxygen atoms in total. The lowest BCUT2D eigenvalue weighted by Gasteiger charge is -2.12. The van der Waals surface area contributed by atoms with Crippen LogP contribution in [0.4, 0.5) is 0 Å². The number of nitrogens with zero attached hydrogens (tertiary/aromatic N) is 1. The summed E-state index contributed by atoms with van der Waals surface area (Å²) in [7, 11) is 0. The number of thiazole rings is 1. The molecule has 1 unspecified atom stereocenters. The van der Waals surface area contributed by atoms with Gasteiger partial charge in [-0.05, 0) is 32.0 Å². The van der Waals surface area contributed by atoms with Crippen LogP contribution in [0.25, 0.3) is 0 Å². The Balaban J connectivity index is 2.12. The van der Waals surface area contributed by atoms with E-state index in [9.17, 15) is 9.90 Å². The molecule has 2 rings (SSSR count). The fraction of sp³-hybridized carbons (Fsp3) is 0.231. The van der Waals surface area contributed by atoms with Crippen molar-refractivity contribution in [3.63, 3.8) is 0 Å². The fourth-order valence-corrected chi connectivity index (χ4v) is 2.55. The lowest BCUT2D eigenvalue weighted by atomic mass is 10.2. The van der Waals surface area contributed by atoms with Crippen LogP contribution in [-0.2, 0) is 0 Å². The zero-order valence-corrected chi connectivity index (χ0v) is 12.0. The minimum atomic E-state index is -0.352. The van der Waals surface area contributed by atoms with Gasteiger partial charge in [-0.3, -0.25) is 4.79 Å². The maximum absolute atomic E-state index is 12.0. The molecular formula is C13H13ClN2O2S. The van der Waals surface area contributed by atoms with Crippen molar-refractivity contribution in [3.8, 4) is 5.75 Å². The molecular weight excluding hydrogens is 284 g/mol. The van der Waals surface area contributed by atoms with E-state index in [4.69, 9.17) is 11.6 Å². The number of carbonyl (C=O) groups excluding carboxylic acids is 1. The highest BCUT2D eigenvalue weighted by Gasteiger charge is 2.16. The van der Waals surface area contributed by atoms with Crippen LogP contribution in [0.2, 0.25) is 5.02 Å². The van der Waals surface area contributed by atoms with Gasteiger partial charge in [0, 0.05) is 16.1 Å². The number of aromatic hydroxyl groups is 1. The summed E-state index contributed by atoms with van der Waals surface area (Å²) >= 11 is 7.26. The number of nitrogens with one attached hydrogen (secondary N) is 1. The molecule has 0 fully saturated rings. The Morgan fingerprint density at radius 3 is 2.84 bits per heavy atom. The molecule has 2 N–H and O–H groups in total. The van der Waals surface area contributed by atoms with E-state index in [0.717, 1.165) is 9.88 Å². The van der Waals surface area contributed by atoms with Crippen LogP contribution < -0.4 is 5.32 Å². The second-order valence-corrected chi connectivity index (χ2v) is 5.87. The lowest BCUT2D eigenvalue weighted by Crippen LogP contribution is -2.26. The molecule has 0 saturated carbocycles. The lowest BCUT2D eigenvalue weighted by molar-refractivity contribution is 0.0937. The van der Waals surface area contributed by atoms with E-state index >= 15 is 0 Å². The molecule has 0 aliphatic heterocycles. The summed E-state index contributed by atoms with van der Waals surface area (Å²) in [5.41, 5.74) is 0.199. The smallest absolute Gasteiger partial charge is 0.255 e. The number of halogens is 1. The number of benzene rings is 1. The summed E-state index contributed by atoms with van der Waals surface area (Å²) in [4.78, 5) is 17.3. The van der Waals surface area contributed by atoms with Crippen LogP contribution in [0.3, 0.4) is 0 Å². The third kappa shape index (κ3) is 3.24. The van der Waals surface area contributed by atoms with Crippen molar-refractivity contribution < 1.29 is 9.90 Å². The predicted octanol–water partition coefficient (Wildman–Crippen LogP) is 3.30. The Bertz CT molecular complexity index is 612. The van der Waals surface area contributed by atoms with Crippen molar-refractivity contribution in [3.05, 3.63) is 44.9 Å². The molecule has 100 valence electrons. The van der Waals surface area contributed by atoms with Gasteiger partial charge >= 0.3 is 0 Å². The van der Waals surface area contributed by atoms with E-state index in [-0.39, 0.29) is 23.3 Å². The van der Waals surface area contributed by atoms with Crippen LogP contribution in [0, 0.1) is 6.92 Å². The number of phenols is 1. The zero-order chi connectivity index (χ0) is 14.0. The Hall–Kier alpha value is -1.59. The van der Waals surface area contributed by atoms with Gasteiger partial charge in [0.25, 0.3) is 5.91 Å².